The van der Waals surface area contributed by atoms with Gasteiger partial charge in [-0.05, 0) is 30.4 Å². The number of carbonyl (C=O) groups excluding carboxylic acids is 2. The molecule has 5 heteroatoms. The second kappa shape index (κ2) is 7.13. The van der Waals surface area contributed by atoms with Crippen molar-refractivity contribution in [1.29, 1.82) is 0 Å². The van der Waals surface area contributed by atoms with Crippen molar-refractivity contribution >= 4 is 11.9 Å². The van der Waals surface area contributed by atoms with Crippen LogP contribution in [-0.2, 0) is 27.2 Å². The van der Waals surface area contributed by atoms with E-state index < -0.39 is 6.04 Å². The fourth-order valence-corrected chi connectivity index (χ4v) is 3.58. The van der Waals surface area contributed by atoms with Crippen LogP contribution in [0.3, 0.4) is 0 Å². The third kappa shape index (κ3) is 3.55. The summed E-state index contributed by atoms with van der Waals surface area (Å²) in [5, 5.41) is 2.88. The van der Waals surface area contributed by atoms with Crippen molar-refractivity contribution in [1.82, 2.24) is 10.2 Å². The Balaban J connectivity index is 1.69. The molecular formula is C18H24N2O3. The van der Waals surface area contributed by atoms with Crippen LogP contribution >= 0.6 is 0 Å². The van der Waals surface area contributed by atoms with E-state index >= 15 is 0 Å². The summed E-state index contributed by atoms with van der Waals surface area (Å²) in [6, 6.07) is 8.32. The second-order valence-electron chi connectivity index (χ2n) is 6.30. The first-order valence-corrected chi connectivity index (χ1v) is 8.45. The van der Waals surface area contributed by atoms with Gasteiger partial charge in [-0.1, -0.05) is 31.2 Å². The number of benzene rings is 1. The molecule has 0 radical (unpaired) electrons. The minimum atomic E-state index is -0.410. The van der Waals surface area contributed by atoms with Crippen LogP contribution in [0.4, 0.5) is 0 Å². The molecule has 1 N–H and O–H groups in total. The van der Waals surface area contributed by atoms with Gasteiger partial charge in [0.05, 0.1) is 19.1 Å². The largest absolute Gasteiger partial charge is 0.466 e. The Bertz CT molecular complexity index is 562. The number of hydrogen-bond donors (Lipinski definition) is 1. The van der Waals surface area contributed by atoms with Crippen molar-refractivity contribution in [3.8, 4) is 0 Å². The number of amides is 1. The molecule has 2 aliphatic rings. The van der Waals surface area contributed by atoms with Crippen LogP contribution in [0.5, 0.6) is 0 Å². The summed E-state index contributed by atoms with van der Waals surface area (Å²) < 4.78 is 5.17. The average molecular weight is 316 g/mol. The fourth-order valence-electron chi connectivity index (χ4n) is 3.58. The fraction of sp³-hybridized carbons (Fsp3) is 0.556. The molecule has 5 nitrogen and oxygen atoms in total. The van der Waals surface area contributed by atoms with E-state index in [4.69, 9.17) is 4.74 Å². The van der Waals surface area contributed by atoms with Gasteiger partial charge in [0.2, 0.25) is 5.91 Å². The molecule has 1 aliphatic carbocycles. The van der Waals surface area contributed by atoms with Crippen LogP contribution in [0.15, 0.2) is 24.3 Å². The lowest BCUT2D eigenvalue weighted by molar-refractivity contribution is -0.149. The lowest BCUT2D eigenvalue weighted by Gasteiger charge is -2.38. The van der Waals surface area contributed by atoms with E-state index in [1.165, 1.54) is 11.1 Å². The van der Waals surface area contributed by atoms with Crippen LogP contribution < -0.4 is 5.32 Å². The third-order valence-electron chi connectivity index (χ3n) is 4.70. The van der Waals surface area contributed by atoms with Gasteiger partial charge in [-0.3, -0.25) is 14.5 Å². The Kier molecular flexibility index (Phi) is 4.96. The zero-order valence-corrected chi connectivity index (χ0v) is 13.6. The van der Waals surface area contributed by atoms with Crippen LogP contribution in [0.25, 0.3) is 0 Å². The highest BCUT2D eigenvalue weighted by Gasteiger charge is 2.38. The molecule has 1 aliphatic heterocycles. The Morgan fingerprint density at radius 2 is 2.00 bits per heavy atom. The van der Waals surface area contributed by atoms with Gasteiger partial charge in [0.15, 0.2) is 0 Å². The van der Waals surface area contributed by atoms with Gasteiger partial charge in [-0.25, -0.2) is 0 Å². The SMILES string of the molecule is CCCOC(=O)CC1C(=O)NCCN1C1Cc2ccccc2C1. The van der Waals surface area contributed by atoms with Crippen molar-refractivity contribution in [2.45, 2.75) is 44.7 Å². The topological polar surface area (TPSA) is 58.6 Å². The number of ether oxygens (including phenoxy) is 1. The summed E-state index contributed by atoms with van der Waals surface area (Å²) in [4.78, 5) is 26.4. The number of hydrogen-bond acceptors (Lipinski definition) is 4. The number of fused-ring (bicyclic) bond motifs is 1. The zero-order valence-electron chi connectivity index (χ0n) is 13.6. The number of nitrogens with zero attached hydrogens (tertiary/aromatic N) is 1. The molecule has 1 heterocycles. The Hall–Kier alpha value is -1.88. The molecule has 1 saturated heterocycles. The molecule has 0 spiro atoms. The minimum Gasteiger partial charge on any atom is -0.466 e. The number of esters is 1. The highest BCUT2D eigenvalue weighted by Crippen LogP contribution is 2.28. The van der Waals surface area contributed by atoms with Crippen molar-refractivity contribution in [2.24, 2.45) is 0 Å². The van der Waals surface area contributed by atoms with Gasteiger partial charge in [-0.15, -0.1) is 0 Å². The molecule has 1 amide bonds. The van der Waals surface area contributed by atoms with E-state index in [1.807, 2.05) is 6.92 Å². The molecule has 1 aromatic carbocycles. The van der Waals surface area contributed by atoms with E-state index in [2.05, 4.69) is 34.5 Å². The quantitative estimate of drug-likeness (QED) is 0.832. The van der Waals surface area contributed by atoms with E-state index in [9.17, 15) is 9.59 Å². The first-order chi connectivity index (χ1) is 11.2. The molecule has 124 valence electrons. The molecule has 3 rings (SSSR count). The molecule has 0 saturated carbocycles. The Morgan fingerprint density at radius 1 is 1.30 bits per heavy atom. The van der Waals surface area contributed by atoms with Crippen LogP contribution in [-0.4, -0.2) is 48.6 Å². The van der Waals surface area contributed by atoms with Gasteiger partial charge in [0.25, 0.3) is 0 Å². The van der Waals surface area contributed by atoms with Gasteiger partial charge in [0, 0.05) is 19.1 Å². The monoisotopic (exact) mass is 316 g/mol. The maximum Gasteiger partial charge on any atom is 0.307 e. The number of rotatable bonds is 5. The average Bonchev–Trinajstić information content (AvgIpc) is 2.98. The molecule has 1 aromatic rings. The summed E-state index contributed by atoms with van der Waals surface area (Å²) in [7, 11) is 0. The maximum absolute atomic E-state index is 12.3. The smallest absolute Gasteiger partial charge is 0.307 e. The first kappa shape index (κ1) is 16.0. The number of carbonyl (C=O) groups is 2. The maximum atomic E-state index is 12.3. The number of nitrogens with one attached hydrogen (secondary N) is 1. The Labute approximate surface area is 137 Å². The molecule has 1 fully saturated rings. The lowest BCUT2D eigenvalue weighted by Crippen LogP contribution is -2.59. The van der Waals surface area contributed by atoms with E-state index in [0.29, 0.717) is 19.2 Å². The molecule has 23 heavy (non-hydrogen) atoms. The van der Waals surface area contributed by atoms with Gasteiger partial charge in [0.1, 0.15) is 0 Å². The number of piperazine rings is 1. The Morgan fingerprint density at radius 3 is 2.65 bits per heavy atom. The highest BCUT2D eigenvalue weighted by molar-refractivity contribution is 5.87. The summed E-state index contributed by atoms with van der Waals surface area (Å²) in [5.41, 5.74) is 2.71. The summed E-state index contributed by atoms with van der Waals surface area (Å²) in [6.07, 6.45) is 2.83. The minimum absolute atomic E-state index is 0.0549. The van der Waals surface area contributed by atoms with Crippen molar-refractivity contribution in [2.75, 3.05) is 19.7 Å². The normalized spacial score (nSPS) is 21.8. The van der Waals surface area contributed by atoms with Gasteiger partial charge < -0.3 is 10.1 Å². The highest BCUT2D eigenvalue weighted by atomic mass is 16.5. The molecule has 1 atom stereocenters. The standard InChI is InChI=1S/C18H24N2O3/c1-2-9-23-17(21)12-16-18(22)19-7-8-20(16)15-10-13-5-3-4-6-14(13)11-15/h3-6,15-16H,2,7-12H2,1H3,(H,19,22). The van der Waals surface area contributed by atoms with Crippen molar-refractivity contribution in [3.05, 3.63) is 35.4 Å². The third-order valence-corrected chi connectivity index (χ3v) is 4.70. The van der Waals surface area contributed by atoms with Gasteiger partial charge in [-0.2, -0.15) is 0 Å². The van der Waals surface area contributed by atoms with Crippen molar-refractivity contribution < 1.29 is 14.3 Å². The predicted octanol–water partition coefficient (Wildman–Crippen LogP) is 1.30. The lowest BCUT2D eigenvalue weighted by atomic mass is 10.0. The summed E-state index contributed by atoms with van der Waals surface area (Å²) in [6.45, 7) is 3.81. The predicted molar refractivity (Wildman–Crippen MR) is 87.0 cm³/mol. The van der Waals surface area contributed by atoms with Crippen LogP contribution in [0, 0.1) is 0 Å². The van der Waals surface area contributed by atoms with Crippen LogP contribution in [0.2, 0.25) is 0 Å². The van der Waals surface area contributed by atoms with Crippen molar-refractivity contribution in [3.63, 3.8) is 0 Å². The summed E-state index contributed by atoms with van der Waals surface area (Å²) >= 11 is 0. The molecule has 0 bridgehead atoms. The summed E-state index contributed by atoms with van der Waals surface area (Å²) in [5.74, 6) is -0.338. The van der Waals surface area contributed by atoms with E-state index in [1.54, 1.807) is 0 Å². The molecular weight excluding hydrogens is 292 g/mol. The van der Waals surface area contributed by atoms with E-state index in [-0.39, 0.29) is 18.3 Å². The van der Waals surface area contributed by atoms with Crippen LogP contribution in [0.1, 0.15) is 30.9 Å². The van der Waals surface area contributed by atoms with Gasteiger partial charge >= 0.3 is 5.97 Å². The molecule has 1 unspecified atom stereocenters. The zero-order chi connectivity index (χ0) is 16.2. The molecule has 0 aromatic heterocycles. The first-order valence-electron chi connectivity index (χ1n) is 8.45. The van der Waals surface area contributed by atoms with E-state index in [0.717, 1.165) is 25.8 Å². The second-order valence-corrected chi connectivity index (χ2v) is 6.30.